The van der Waals surface area contributed by atoms with Gasteiger partial charge in [0.15, 0.2) is 0 Å². The van der Waals surface area contributed by atoms with E-state index >= 15 is 0 Å². The molecular formula is C14H14BrFN2O. The summed E-state index contributed by atoms with van der Waals surface area (Å²) in [5, 5.41) is 2.70. The number of carbonyl (C=O) groups excluding carboxylic acids is 1. The number of nitrogens with zero attached hydrogens (tertiary/aromatic N) is 1. The minimum atomic E-state index is -0.391. The van der Waals surface area contributed by atoms with Crippen molar-refractivity contribution < 1.29 is 9.18 Å². The number of halogens is 2. The molecule has 100 valence electrons. The van der Waals surface area contributed by atoms with Gasteiger partial charge < -0.3 is 9.88 Å². The van der Waals surface area contributed by atoms with Gasteiger partial charge in [-0.25, -0.2) is 4.39 Å². The first-order chi connectivity index (χ1) is 8.99. The lowest BCUT2D eigenvalue weighted by Gasteiger charge is -2.13. The molecule has 1 aromatic heterocycles. The Hall–Kier alpha value is -1.62. The molecular weight excluding hydrogens is 311 g/mol. The number of nitrogens with one attached hydrogen (secondary N) is 1. The van der Waals surface area contributed by atoms with Crippen LogP contribution in [0.4, 0.5) is 10.1 Å². The molecule has 1 N–H and O–H groups in total. The van der Waals surface area contributed by atoms with Crippen LogP contribution in [-0.4, -0.2) is 10.5 Å². The first-order valence-electron chi connectivity index (χ1n) is 5.92. The lowest BCUT2D eigenvalue weighted by atomic mass is 10.3. The van der Waals surface area contributed by atoms with Crippen molar-refractivity contribution in [2.24, 2.45) is 0 Å². The van der Waals surface area contributed by atoms with Crippen LogP contribution in [0, 0.1) is 5.82 Å². The molecule has 2 rings (SSSR count). The summed E-state index contributed by atoms with van der Waals surface area (Å²) in [7, 11) is 0. The maximum atomic E-state index is 13.2. The molecule has 1 amide bonds. The van der Waals surface area contributed by atoms with E-state index < -0.39 is 5.82 Å². The molecule has 0 unspecified atom stereocenters. The number of carbonyl (C=O) groups is 1. The zero-order valence-electron chi connectivity index (χ0n) is 10.7. The fourth-order valence-electron chi connectivity index (χ4n) is 1.82. The van der Waals surface area contributed by atoms with E-state index in [4.69, 9.17) is 0 Å². The number of hydrogen-bond donors (Lipinski definition) is 1. The Morgan fingerprint density at radius 2 is 2.11 bits per heavy atom. The van der Waals surface area contributed by atoms with Gasteiger partial charge >= 0.3 is 0 Å². The Morgan fingerprint density at radius 1 is 1.37 bits per heavy atom. The van der Waals surface area contributed by atoms with Crippen LogP contribution < -0.4 is 5.32 Å². The summed E-state index contributed by atoms with van der Waals surface area (Å²) in [4.78, 5) is 12.2. The summed E-state index contributed by atoms with van der Waals surface area (Å²) in [5.74, 6) is -0.650. The zero-order chi connectivity index (χ0) is 14.0. The summed E-state index contributed by atoms with van der Waals surface area (Å²) in [5.41, 5.74) is 0.965. The van der Waals surface area contributed by atoms with Crippen molar-refractivity contribution in [1.82, 2.24) is 4.57 Å². The van der Waals surface area contributed by atoms with Crippen molar-refractivity contribution in [3.63, 3.8) is 0 Å². The standard InChI is InChI=1S/C14H14BrFN2O/c1-9(2)18-7-3-4-13(18)14(19)17-12-8-10(16)5-6-11(12)15/h3-9H,1-2H3,(H,17,19). The molecule has 1 aromatic carbocycles. The van der Waals surface area contributed by atoms with Gasteiger partial charge in [-0.05, 0) is 60.1 Å². The predicted molar refractivity (Wildman–Crippen MR) is 76.9 cm³/mol. The summed E-state index contributed by atoms with van der Waals surface area (Å²) in [6.07, 6.45) is 1.85. The van der Waals surface area contributed by atoms with Gasteiger partial charge in [0.05, 0.1) is 5.69 Å². The van der Waals surface area contributed by atoms with Crippen LogP contribution in [0.2, 0.25) is 0 Å². The van der Waals surface area contributed by atoms with Gasteiger partial charge in [-0.15, -0.1) is 0 Å². The largest absolute Gasteiger partial charge is 0.341 e. The van der Waals surface area contributed by atoms with Crippen LogP contribution in [0.15, 0.2) is 41.0 Å². The molecule has 0 saturated carbocycles. The van der Waals surface area contributed by atoms with E-state index in [0.717, 1.165) is 0 Å². The Bertz CT molecular complexity index is 607. The van der Waals surface area contributed by atoms with Gasteiger partial charge in [-0.2, -0.15) is 0 Å². The number of benzene rings is 1. The first-order valence-corrected chi connectivity index (χ1v) is 6.71. The van der Waals surface area contributed by atoms with Crippen LogP contribution in [0.25, 0.3) is 0 Å². The van der Waals surface area contributed by atoms with E-state index in [-0.39, 0.29) is 11.9 Å². The molecule has 0 saturated heterocycles. The average molecular weight is 325 g/mol. The number of anilines is 1. The maximum Gasteiger partial charge on any atom is 0.272 e. The Morgan fingerprint density at radius 3 is 2.79 bits per heavy atom. The second kappa shape index (κ2) is 5.57. The molecule has 0 spiro atoms. The molecule has 5 heteroatoms. The average Bonchev–Trinajstić information content (AvgIpc) is 2.83. The Balaban J connectivity index is 2.26. The highest BCUT2D eigenvalue weighted by atomic mass is 79.9. The minimum Gasteiger partial charge on any atom is -0.341 e. The van der Waals surface area contributed by atoms with Crippen LogP contribution >= 0.6 is 15.9 Å². The van der Waals surface area contributed by atoms with Gasteiger partial charge in [-0.3, -0.25) is 4.79 Å². The van der Waals surface area contributed by atoms with Crippen molar-refractivity contribution >= 4 is 27.5 Å². The summed E-state index contributed by atoms with van der Waals surface area (Å²) in [6.45, 7) is 3.99. The Kier molecular flexibility index (Phi) is 4.04. The predicted octanol–water partition coefficient (Wildman–Crippen LogP) is 4.22. The molecule has 1 heterocycles. The van der Waals surface area contributed by atoms with Crippen LogP contribution in [0.3, 0.4) is 0 Å². The molecule has 0 aliphatic rings. The fourth-order valence-corrected chi connectivity index (χ4v) is 2.16. The van der Waals surface area contributed by atoms with Crippen molar-refractivity contribution in [3.05, 3.63) is 52.5 Å². The highest BCUT2D eigenvalue weighted by Crippen LogP contribution is 2.24. The zero-order valence-corrected chi connectivity index (χ0v) is 12.2. The molecule has 19 heavy (non-hydrogen) atoms. The van der Waals surface area contributed by atoms with E-state index in [9.17, 15) is 9.18 Å². The smallest absolute Gasteiger partial charge is 0.272 e. The minimum absolute atomic E-state index is 0.187. The molecule has 0 aliphatic carbocycles. The van der Waals surface area contributed by atoms with E-state index in [1.54, 1.807) is 12.1 Å². The van der Waals surface area contributed by atoms with Crippen LogP contribution in [0.5, 0.6) is 0 Å². The van der Waals surface area contributed by atoms with Crippen molar-refractivity contribution in [2.45, 2.75) is 19.9 Å². The van der Waals surface area contributed by atoms with E-state index in [2.05, 4.69) is 21.2 Å². The van der Waals surface area contributed by atoms with Crippen molar-refractivity contribution in [3.8, 4) is 0 Å². The second-order valence-electron chi connectivity index (χ2n) is 4.47. The van der Waals surface area contributed by atoms with Crippen LogP contribution in [0.1, 0.15) is 30.4 Å². The van der Waals surface area contributed by atoms with Gasteiger partial charge in [0.25, 0.3) is 5.91 Å². The SMILES string of the molecule is CC(C)n1cccc1C(=O)Nc1cc(F)ccc1Br. The third-order valence-electron chi connectivity index (χ3n) is 2.74. The summed E-state index contributed by atoms with van der Waals surface area (Å²) >= 11 is 3.28. The molecule has 0 bridgehead atoms. The fraction of sp³-hybridized carbons (Fsp3) is 0.214. The lowest BCUT2D eigenvalue weighted by Crippen LogP contribution is -2.18. The van der Waals surface area contributed by atoms with E-state index in [1.807, 2.05) is 30.7 Å². The van der Waals surface area contributed by atoms with Gasteiger partial charge in [0, 0.05) is 16.7 Å². The number of aromatic nitrogens is 1. The lowest BCUT2D eigenvalue weighted by molar-refractivity contribution is 0.101. The second-order valence-corrected chi connectivity index (χ2v) is 5.33. The third kappa shape index (κ3) is 3.04. The van der Waals surface area contributed by atoms with Gasteiger partial charge in [0.2, 0.25) is 0 Å². The maximum absolute atomic E-state index is 13.2. The van der Waals surface area contributed by atoms with Crippen molar-refractivity contribution in [1.29, 1.82) is 0 Å². The molecule has 2 aromatic rings. The highest BCUT2D eigenvalue weighted by Gasteiger charge is 2.14. The first kappa shape index (κ1) is 13.8. The summed E-state index contributed by atoms with van der Waals surface area (Å²) < 4.78 is 15.7. The van der Waals surface area contributed by atoms with Gasteiger partial charge in [-0.1, -0.05) is 0 Å². The molecule has 0 atom stereocenters. The quantitative estimate of drug-likeness (QED) is 0.901. The Labute approximate surface area is 119 Å². The monoisotopic (exact) mass is 324 g/mol. The number of amides is 1. The summed E-state index contributed by atoms with van der Waals surface area (Å²) in [6, 6.07) is 7.91. The topological polar surface area (TPSA) is 34.0 Å². The van der Waals surface area contributed by atoms with Crippen LogP contribution in [-0.2, 0) is 0 Å². The third-order valence-corrected chi connectivity index (χ3v) is 3.44. The number of hydrogen-bond acceptors (Lipinski definition) is 1. The highest BCUT2D eigenvalue weighted by molar-refractivity contribution is 9.10. The number of rotatable bonds is 3. The molecule has 3 nitrogen and oxygen atoms in total. The van der Waals surface area contributed by atoms with Gasteiger partial charge in [0.1, 0.15) is 11.5 Å². The van der Waals surface area contributed by atoms with E-state index in [0.29, 0.717) is 15.9 Å². The molecule has 0 aliphatic heterocycles. The molecule has 0 fully saturated rings. The normalized spacial score (nSPS) is 10.8. The molecule has 0 radical (unpaired) electrons. The van der Waals surface area contributed by atoms with Crippen molar-refractivity contribution in [2.75, 3.05) is 5.32 Å². The van der Waals surface area contributed by atoms with E-state index in [1.165, 1.54) is 12.1 Å².